The second-order valence-corrected chi connectivity index (χ2v) is 7.46. The molecule has 0 bridgehead atoms. The number of nitrogens with zero attached hydrogens (tertiary/aromatic N) is 1. The van der Waals surface area contributed by atoms with Gasteiger partial charge in [0.1, 0.15) is 4.32 Å². The van der Waals surface area contributed by atoms with Crippen molar-refractivity contribution in [2.75, 3.05) is 26.8 Å². The number of carbonyl (C=O) groups excluding carboxylic acids is 1. The van der Waals surface area contributed by atoms with E-state index in [1.54, 1.807) is 12.0 Å². The minimum Gasteiger partial charge on any atom is -0.385 e. The third-order valence-electron chi connectivity index (χ3n) is 4.15. The zero-order valence-electron chi connectivity index (χ0n) is 13.5. The number of benzene rings is 1. The summed E-state index contributed by atoms with van der Waals surface area (Å²) in [6, 6.07) is 10.4. The summed E-state index contributed by atoms with van der Waals surface area (Å²) in [5.41, 5.74) is 7.70. The van der Waals surface area contributed by atoms with Gasteiger partial charge in [-0.15, -0.1) is 0 Å². The Morgan fingerprint density at radius 2 is 2.21 bits per heavy atom. The van der Waals surface area contributed by atoms with Gasteiger partial charge in [-0.05, 0) is 12.0 Å². The van der Waals surface area contributed by atoms with Gasteiger partial charge >= 0.3 is 0 Å². The number of methoxy groups -OCH3 is 1. The Hall–Kier alpha value is -1.25. The van der Waals surface area contributed by atoms with Crippen LogP contribution in [0.1, 0.15) is 18.0 Å². The molecule has 0 radical (unpaired) electrons. The topological polar surface area (TPSA) is 53.6 Å². The number of nitrogens with one attached hydrogen (secondary N) is 2. The van der Waals surface area contributed by atoms with Crippen LogP contribution in [0.25, 0.3) is 0 Å². The van der Waals surface area contributed by atoms with Crippen LogP contribution in [0.4, 0.5) is 0 Å². The van der Waals surface area contributed by atoms with Gasteiger partial charge in [-0.1, -0.05) is 60.4 Å². The second-order valence-electron chi connectivity index (χ2n) is 5.78. The highest BCUT2D eigenvalue weighted by molar-refractivity contribution is 8.26. The Kier molecular flexibility index (Phi) is 6.02. The van der Waals surface area contributed by atoms with Crippen LogP contribution in [0.15, 0.2) is 41.3 Å². The fraction of sp³-hybridized carbons (Fsp3) is 0.412. The van der Waals surface area contributed by atoms with E-state index in [9.17, 15) is 4.79 Å². The first-order valence-electron chi connectivity index (χ1n) is 7.98. The van der Waals surface area contributed by atoms with E-state index in [1.807, 2.05) is 18.2 Å². The van der Waals surface area contributed by atoms with Crippen molar-refractivity contribution in [1.29, 1.82) is 0 Å². The zero-order chi connectivity index (χ0) is 16.9. The summed E-state index contributed by atoms with van der Waals surface area (Å²) in [6.45, 7) is 2.02. The molecule has 2 atom stereocenters. The van der Waals surface area contributed by atoms with E-state index in [4.69, 9.17) is 17.0 Å². The molecule has 1 amide bonds. The number of carbonyl (C=O) groups is 1. The first-order chi connectivity index (χ1) is 11.7. The average molecular weight is 364 g/mol. The zero-order valence-corrected chi connectivity index (χ0v) is 15.2. The number of hydrogen-bond acceptors (Lipinski definition) is 6. The van der Waals surface area contributed by atoms with Crippen molar-refractivity contribution in [3.63, 3.8) is 0 Å². The highest BCUT2D eigenvalue weighted by atomic mass is 32.2. The van der Waals surface area contributed by atoms with Crippen LogP contribution in [0.3, 0.4) is 0 Å². The van der Waals surface area contributed by atoms with E-state index in [0.717, 1.165) is 17.9 Å². The van der Waals surface area contributed by atoms with Crippen LogP contribution in [0.5, 0.6) is 0 Å². The van der Waals surface area contributed by atoms with Crippen molar-refractivity contribution >= 4 is 34.2 Å². The van der Waals surface area contributed by atoms with Crippen molar-refractivity contribution in [3.8, 4) is 0 Å². The fourth-order valence-corrected chi connectivity index (χ4v) is 4.28. The number of hydrogen-bond donors (Lipinski definition) is 2. The number of rotatable bonds is 6. The molecule has 2 unspecified atom stereocenters. The van der Waals surface area contributed by atoms with Gasteiger partial charge < -0.3 is 4.74 Å². The molecule has 0 aromatic heterocycles. The largest absolute Gasteiger partial charge is 0.385 e. The lowest BCUT2D eigenvalue weighted by molar-refractivity contribution is -0.122. The summed E-state index contributed by atoms with van der Waals surface area (Å²) in [5.74, 6) is 0.223. The maximum atomic E-state index is 12.6. The van der Waals surface area contributed by atoms with Gasteiger partial charge in [0.05, 0.1) is 10.9 Å². The Morgan fingerprint density at radius 3 is 2.96 bits per heavy atom. The Bertz CT molecular complexity index is 636. The normalized spacial score (nSPS) is 25.9. The predicted octanol–water partition coefficient (Wildman–Crippen LogP) is 2.23. The van der Waals surface area contributed by atoms with Crippen molar-refractivity contribution in [1.82, 2.24) is 15.8 Å². The van der Waals surface area contributed by atoms with Crippen molar-refractivity contribution < 1.29 is 9.53 Å². The highest BCUT2D eigenvalue weighted by Gasteiger charge is 2.34. The lowest BCUT2D eigenvalue weighted by Crippen LogP contribution is -2.29. The first-order valence-corrected chi connectivity index (χ1v) is 9.21. The molecule has 2 saturated heterocycles. The van der Waals surface area contributed by atoms with Crippen LogP contribution in [0, 0.1) is 5.92 Å². The van der Waals surface area contributed by atoms with Crippen LogP contribution < -0.4 is 10.9 Å². The number of thiocarbonyl (C=S) groups is 1. The molecule has 0 spiro atoms. The van der Waals surface area contributed by atoms with Gasteiger partial charge in [0.15, 0.2) is 0 Å². The molecule has 2 N–H and O–H groups in total. The lowest BCUT2D eigenvalue weighted by Gasteiger charge is -2.16. The Morgan fingerprint density at radius 1 is 1.42 bits per heavy atom. The van der Waals surface area contributed by atoms with Gasteiger partial charge in [-0.2, -0.15) is 0 Å². The van der Waals surface area contributed by atoms with Crippen LogP contribution in [-0.4, -0.2) is 41.9 Å². The Balaban J connectivity index is 1.71. The average Bonchev–Trinajstić information content (AvgIpc) is 3.16. The van der Waals surface area contributed by atoms with Gasteiger partial charge in [-0.25, -0.2) is 5.43 Å². The van der Waals surface area contributed by atoms with Gasteiger partial charge in [0.2, 0.25) is 0 Å². The molecule has 2 aliphatic rings. The van der Waals surface area contributed by atoms with Crippen LogP contribution in [-0.2, 0) is 9.53 Å². The SMILES string of the molecule is COCCCN1C(=O)/C(=C/C2CNNC2c2ccccc2)SC1=S. The summed E-state index contributed by atoms with van der Waals surface area (Å²) in [5, 5.41) is 0. The molecule has 0 saturated carbocycles. The quantitative estimate of drug-likeness (QED) is 0.459. The van der Waals surface area contributed by atoms with Gasteiger partial charge in [0.25, 0.3) is 5.91 Å². The van der Waals surface area contributed by atoms with E-state index < -0.39 is 0 Å². The fourth-order valence-electron chi connectivity index (χ4n) is 2.93. The molecule has 5 nitrogen and oxygen atoms in total. The summed E-state index contributed by atoms with van der Waals surface area (Å²) in [4.78, 5) is 15.0. The minimum atomic E-state index is 0.0137. The summed E-state index contributed by atoms with van der Waals surface area (Å²) >= 11 is 6.76. The second kappa shape index (κ2) is 8.22. The molecule has 7 heteroatoms. The molecule has 2 heterocycles. The maximum absolute atomic E-state index is 12.6. The summed E-state index contributed by atoms with van der Waals surface area (Å²) in [7, 11) is 1.66. The number of amides is 1. The maximum Gasteiger partial charge on any atom is 0.265 e. The predicted molar refractivity (Wildman–Crippen MR) is 100 cm³/mol. The minimum absolute atomic E-state index is 0.0137. The Labute approximate surface area is 151 Å². The molecule has 2 fully saturated rings. The lowest BCUT2D eigenvalue weighted by atomic mass is 9.94. The van der Waals surface area contributed by atoms with E-state index in [0.29, 0.717) is 17.5 Å². The molecule has 128 valence electrons. The summed E-state index contributed by atoms with van der Waals surface area (Å²) in [6.07, 6.45) is 2.84. The molecule has 24 heavy (non-hydrogen) atoms. The van der Waals surface area contributed by atoms with Crippen LogP contribution >= 0.6 is 24.0 Å². The van der Waals surface area contributed by atoms with E-state index in [-0.39, 0.29) is 17.9 Å². The molecule has 1 aromatic rings. The van der Waals surface area contributed by atoms with Crippen molar-refractivity contribution in [3.05, 3.63) is 46.9 Å². The molecular formula is C17H21N3O2S2. The number of hydrazine groups is 1. The standard InChI is InChI=1S/C17H21N3O2S2/c1-22-9-5-8-20-16(21)14(24-17(20)23)10-13-11-18-19-15(13)12-6-3-2-4-7-12/h2-4,6-7,10,13,15,18-19H,5,8-9,11H2,1H3/b14-10-. The van der Waals surface area contributed by atoms with Crippen LogP contribution in [0.2, 0.25) is 0 Å². The first kappa shape index (κ1) is 17.6. The third-order valence-corrected chi connectivity index (χ3v) is 5.55. The van der Waals surface area contributed by atoms with E-state index >= 15 is 0 Å². The van der Waals surface area contributed by atoms with E-state index in [1.165, 1.54) is 17.3 Å². The monoisotopic (exact) mass is 363 g/mol. The third kappa shape index (κ3) is 3.87. The number of thioether (sulfide) groups is 1. The van der Waals surface area contributed by atoms with Gasteiger partial charge in [0, 0.05) is 32.7 Å². The molecule has 2 aliphatic heterocycles. The van der Waals surface area contributed by atoms with Crippen molar-refractivity contribution in [2.45, 2.75) is 12.5 Å². The van der Waals surface area contributed by atoms with Crippen molar-refractivity contribution in [2.24, 2.45) is 5.92 Å². The highest BCUT2D eigenvalue weighted by Crippen LogP contribution is 2.35. The molecule has 0 aliphatic carbocycles. The van der Waals surface area contributed by atoms with E-state index in [2.05, 4.69) is 29.1 Å². The molecule has 1 aromatic carbocycles. The molecular weight excluding hydrogens is 342 g/mol. The van der Waals surface area contributed by atoms with Gasteiger partial charge in [-0.3, -0.25) is 15.1 Å². The summed E-state index contributed by atoms with van der Waals surface area (Å²) < 4.78 is 5.69. The molecule has 3 rings (SSSR count). The smallest absolute Gasteiger partial charge is 0.265 e. The number of ether oxygens (including phenoxy) is 1.